The molecule has 3 nitrogen and oxygen atoms in total. The highest BCUT2D eigenvalue weighted by Gasteiger charge is 2.33. The van der Waals surface area contributed by atoms with E-state index in [-0.39, 0.29) is 0 Å². The number of nitrogens with zero attached hydrogens (tertiary/aromatic N) is 2. The Hall–Kier alpha value is -1.35. The van der Waals surface area contributed by atoms with Gasteiger partial charge in [-0.25, -0.2) is 0 Å². The van der Waals surface area contributed by atoms with Gasteiger partial charge in [0.25, 0.3) is 0 Å². The molecule has 0 unspecified atom stereocenters. The van der Waals surface area contributed by atoms with Gasteiger partial charge in [-0.3, -0.25) is 4.99 Å². The Bertz CT molecular complexity index is 404. The number of aliphatic imine (C=N–C) groups is 1. The fourth-order valence-electron chi connectivity index (χ4n) is 2.23. The van der Waals surface area contributed by atoms with Gasteiger partial charge in [0.05, 0.1) is 6.54 Å². The molecule has 1 aromatic rings. The van der Waals surface area contributed by atoms with Crippen LogP contribution in [0.5, 0.6) is 0 Å². The Morgan fingerprint density at radius 3 is 2.62 bits per heavy atom. The van der Waals surface area contributed by atoms with Crippen molar-refractivity contribution in [2.75, 3.05) is 18.0 Å². The molecule has 1 aliphatic heterocycles. The Labute approximate surface area is 96.0 Å². The lowest BCUT2D eigenvalue weighted by Gasteiger charge is -2.20. The zero-order valence-corrected chi connectivity index (χ0v) is 9.39. The maximum Gasteiger partial charge on any atom is 0.107 e. The van der Waals surface area contributed by atoms with Gasteiger partial charge < -0.3 is 10.6 Å². The molecule has 0 spiro atoms. The molecule has 0 bridgehead atoms. The second kappa shape index (κ2) is 3.91. The Balaban J connectivity index is 1.83. The van der Waals surface area contributed by atoms with Crippen LogP contribution in [0.1, 0.15) is 18.4 Å². The van der Waals surface area contributed by atoms with Crippen LogP contribution in [0.15, 0.2) is 29.3 Å². The predicted molar refractivity (Wildman–Crippen MR) is 66.7 cm³/mol. The summed E-state index contributed by atoms with van der Waals surface area (Å²) in [5.41, 5.74) is 8.05. The van der Waals surface area contributed by atoms with Crippen molar-refractivity contribution in [2.45, 2.75) is 19.4 Å². The van der Waals surface area contributed by atoms with Crippen LogP contribution in [-0.2, 0) is 6.54 Å². The second-order valence-corrected chi connectivity index (χ2v) is 4.54. The first-order chi connectivity index (χ1) is 7.88. The molecule has 0 aromatic heterocycles. The lowest BCUT2D eigenvalue weighted by atomic mass is 10.2. The summed E-state index contributed by atoms with van der Waals surface area (Å²) in [5.74, 6) is 2.04. The smallest absolute Gasteiger partial charge is 0.107 e. The SMILES string of the molecule is NCc1ccc(N2CCN=C2C2CC2)cc1. The summed E-state index contributed by atoms with van der Waals surface area (Å²) in [6.45, 7) is 2.60. The molecule has 3 heteroatoms. The average molecular weight is 215 g/mol. The first-order valence-electron chi connectivity index (χ1n) is 5.99. The van der Waals surface area contributed by atoms with E-state index in [1.165, 1.54) is 29.9 Å². The molecule has 3 rings (SSSR count). The minimum absolute atomic E-state index is 0.615. The van der Waals surface area contributed by atoms with E-state index in [2.05, 4.69) is 34.2 Å². The van der Waals surface area contributed by atoms with Crippen molar-refractivity contribution in [1.29, 1.82) is 0 Å². The van der Waals surface area contributed by atoms with Crippen LogP contribution in [0.25, 0.3) is 0 Å². The highest BCUT2D eigenvalue weighted by Crippen LogP contribution is 2.35. The molecule has 0 atom stereocenters. The molecule has 16 heavy (non-hydrogen) atoms. The van der Waals surface area contributed by atoms with Gasteiger partial charge in [0.15, 0.2) is 0 Å². The maximum absolute atomic E-state index is 5.60. The van der Waals surface area contributed by atoms with Crippen LogP contribution in [-0.4, -0.2) is 18.9 Å². The van der Waals surface area contributed by atoms with Crippen molar-refractivity contribution in [3.63, 3.8) is 0 Å². The van der Waals surface area contributed by atoms with Crippen LogP contribution in [0, 0.1) is 5.92 Å². The fraction of sp³-hybridized carbons (Fsp3) is 0.462. The van der Waals surface area contributed by atoms with Gasteiger partial charge in [-0.15, -0.1) is 0 Å². The number of rotatable bonds is 3. The third-order valence-electron chi connectivity index (χ3n) is 3.30. The summed E-state index contributed by atoms with van der Waals surface area (Å²) in [4.78, 5) is 6.98. The fourth-order valence-corrected chi connectivity index (χ4v) is 2.23. The molecular formula is C13H17N3. The molecule has 2 N–H and O–H groups in total. The molecular weight excluding hydrogens is 198 g/mol. The first kappa shape index (κ1) is 9.85. The Morgan fingerprint density at radius 2 is 2.00 bits per heavy atom. The van der Waals surface area contributed by atoms with Gasteiger partial charge >= 0.3 is 0 Å². The third-order valence-corrected chi connectivity index (χ3v) is 3.30. The van der Waals surface area contributed by atoms with Gasteiger partial charge in [-0.1, -0.05) is 12.1 Å². The zero-order chi connectivity index (χ0) is 11.0. The number of benzene rings is 1. The van der Waals surface area contributed by atoms with Crippen LogP contribution in [0.3, 0.4) is 0 Å². The summed E-state index contributed by atoms with van der Waals surface area (Å²) in [6.07, 6.45) is 2.63. The van der Waals surface area contributed by atoms with Crippen LogP contribution < -0.4 is 10.6 Å². The van der Waals surface area contributed by atoms with Crippen LogP contribution in [0.2, 0.25) is 0 Å². The Kier molecular flexibility index (Phi) is 2.40. The normalized spacial score (nSPS) is 20.1. The number of hydrogen-bond donors (Lipinski definition) is 1. The van der Waals surface area contributed by atoms with Gasteiger partial charge in [-0.2, -0.15) is 0 Å². The highest BCUT2D eigenvalue weighted by atomic mass is 15.2. The summed E-state index contributed by atoms with van der Waals surface area (Å²) in [5, 5.41) is 0. The minimum atomic E-state index is 0.615. The summed E-state index contributed by atoms with van der Waals surface area (Å²) in [6, 6.07) is 8.53. The van der Waals surface area contributed by atoms with Crippen LogP contribution >= 0.6 is 0 Å². The highest BCUT2D eigenvalue weighted by molar-refractivity contribution is 6.02. The van der Waals surface area contributed by atoms with Crippen molar-refractivity contribution >= 4 is 11.5 Å². The molecule has 1 heterocycles. The number of amidine groups is 1. The quantitative estimate of drug-likeness (QED) is 0.835. The first-order valence-corrected chi connectivity index (χ1v) is 5.99. The molecule has 0 saturated heterocycles. The number of hydrogen-bond acceptors (Lipinski definition) is 3. The van der Waals surface area contributed by atoms with E-state index in [0.717, 1.165) is 19.0 Å². The van der Waals surface area contributed by atoms with Gasteiger partial charge in [0, 0.05) is 24.7 Å². The van der Waals surface area contributed by atoms with E-state index in [1.807, 2.05) is 0 Å². The largest absolute Gasteiger partial charge is 0.328 e. The van der Waals surface area contributed by atoms with E-state index in [0.29, 0.717) is 6.54 Å². The van der Waals surface area contributed by atoms with E-state index < -0.39 is 0 Å². The number of anilines is 1. The molecule has 1 fully saturated rings. The topological polar surface area (TPSA) is 41.6 Å². The zero-order valence-electron chi connectivity index (χ0n) is 9.39. The van der Waals surface area contributed by atoms with Gasteiger partial charge in [0.2, 0.25) is 0 Å². The van der Waals surface area contributed by atoms with Gasteiger partial charge in [0.1, 0.15) is 5.84 Å². The lowest BCUT2D eigenvalue weighted by Crippen LogP contribution is -2.28. The second-order valence-electron chi connectivity index (χ2n) is 4.54. The van der Waals surface area contributed by atoms with Crippen molar-refractivity contribution in [3.05, 3.63) is 29.8 Å². The van der Waals surface area contributed by atoms with E-state index in [1.54, 1.807) is 0 Å². The summed E-state index contributed by atoms with van der Waals surface area (Å²) < 4.78 is 0. The van der Waals surface area contributed by atoms with E-state index in [4.69, 9.17) is 5.73 Å². The Morgan fingerprint density at radius 1 is 1.25 bits per heavy atom. The van der Waals surface area contributed by atoms with Crippen LogP contribution in [0.4, 0.5) is 5.69 Å². The van der Waals surface area contributed by atoms with Crippen molar-refractivity contribution in [1.82, 2.24) is 0 Å². The number of nitrogens with two attached hydrogens (primary N) is 1. The third kappa shape index (κ3) is 1.71. The van der Waals surface area contributed by atoms with Crippen molar-refractivity contribution in [3.8, 4) is 0 Å². The molecule has 84 valence electrons. The molecule has 1 aromatic carbocycles. The van der Waals surface area contributed by atoms with Crippen molar-refractivity contribution < 1.29 is 0 Å². The summed E-state index contributed by atoms with van der Waals surface area (Å²) >= 11 is 0. The lowest BCUT2D eigenvalue weighted by molar-refractivity contribution is 1.01. The van der Waals surface area contributed by atoms with Gasteiger partial charge in [-0.05, 0) is 30.5 Å². The molecule has 0 radical (unpaired) electrons. The van der Waals surface area contributed by atoms with Crippen molar-refractivity contribution in [2.24, 2.45) is 16.6 Å². The maximum atomic E-state index is 5.60. The predicted octanol–water partition coefficient (Wildman–Crippen LogP) is 1.77. The van der Waals surface area contributed by atoms with E-state index >= 15 is 0 Å². The summed E-state index contributed by atoms with van der Waals surface area (Å²) in [7, 11) is 0. The van der Waals surface area contributed by atoms with E-state index in [9.17, 15) is 0 Å². The standard InChI is InChI=1S/C13H17N3/c14-9-10-1-5-12(6-2-10)16-8-7-15-13(16)11-3-4-11/h1-2,5-6,11H,3-4,7-9,14H2. The minimum Gasteiger partial charge on any atom is -0.328 e. The molecule has 0 amide bonds. The average Bonchev–Trinajstić information content (AvgIpc) is 3.07. The molecule has 1 saturated carbocycles. The monoisotopic (exact) mass is 215 g/mol. The molecule has 1 aliphatic carbocycles. The molecule has 2 aliphatic rings.